The van der Waals surface area contributed by atoms with Crippen molar-refractivity contribution in [3.8, 4) is 0 Å². The van der Waals surface area contributed by atoms with Crippen LogP contribution in [0.4, 0.5) is 0 Å². The molecular weight excluding hydrogens is 218 g/mol. The zero-order valence-electron chi connectivity index (χ0n) is 11.0. The number of carbonyl (C=O) groups excluding carboxylic acids is 1. The first-order valence-electron chi connectivity index (χ1n) is 6.31. The summed E-state index contributed by atoms with van der Waals surface area (Å²) in [5.74, 6) is -0.700. The summed E-state index contributed by atoms with van der Waals surface area (Å²) in [6.07, 6.45) is 3.22. The van der Waals surface area contributed by atoms with E-state index in [1.165, 1.54) is 0 Å². The molecule has 0 aliphatic carbocycles. The Morgan fingerprint density at radius 3 is 2.53 bits per heavy atom. The van der Waals surface area contributed by atoms with Crippen LogP contribution < -0.4 is 0 Å². The van der Waals surface area contributed by atoms with Crippen LogP contribution in [-0.2, 0) is 9.59 Å². The SMILES string of the molecule is CC(C)(C)CCC(=O)N1CCCC1CC(=O)O. The van der Waals surface area contributed by atoms with Crippen LogP contribution in [0.25, 0.3) is 0 Å². The Labute approximate surface area is 103 Å². The Hall–Kier alpha value is -1.06. The molecule has 17 heavy (non-hydrogen) atoms. The van der Waals surface area contributed by atoms with Gasteiger partial charge in [-0.25, -0.2) is 0 Å². The lowest BCUT2D eigenvalue weighted by atomic mass is 9.90. The lowest BCUT2D eigenvalue weighted by molar-refractivity contribution is -0.140. The molecule has 0 spiro atoms. The zero-order chi connectivity index (χ0) is 13.1. The van der Waals surface area contributed by atoms with Crippen molar-refractivity contribution in [2.24, 2.45) is 5.41 Å². The highest BCUT2D eigenvalue weighted by molar-refractivity contribution is 5.78. The van der Waals surface area contributed by atoms with E-state index in [2.05, 4.69) is 20.8 Å². The highest BCUT2D eigenvalue weighted by Gasteiger charge is 2.30. The number of aliphatic carboxylic acids is 1. The van der Waals surface area contributed by atoms with Crippen molar-refractivity contribution >= 4 is 11.9 Å². The van der Waals surface area contributed by atoms with Gasteiger partial charge in [-0.15, -0.1) is 0 Å². The van der Waals surface area contributed by atoms with Gasteiger partial charge < -0.3 is 10.0 Å². The topological polar surface area (TPSA) is 57.6 Å². The van der Waals surface area contributed by atoms with Gasteiger partial charge >= 0.3 is 5.97 Å². The van der Waals surface area contributed by atoms with Gasteiger partial charge in [-0.1, -0.05) is 20.8 Å². The number of hydrogen-bond acceptors (Lipinski definition) is 2. The number of carbonyl (C=O) groups is 2. The third-order valence-electron chi connectivity index (χ3n) is 3.20. The number of likely N-dealkylation sites (tertiary alicyclic amines) is 1. The largest absolute Gasteiger partial charge is 0.481 e. The molecule has 98 valence electrons. The molecular formula is C13H23NO3. The van der Waals surface area contributed by atoms with E-state index in [-0.39, 0.29) is 23.8 Å². The van der Waals surface area contributed by atoms with Crippen LogP contribution in [0.1, 0.15) is 52.9 Å². The fourth-order valence-corrected chi connectivity index (χ4v) is 2.20. The van der Waals surface area contributed by atoms with E-state index in [9.17, 15) is 9.59 Å². The van der Waals surface area contributed by atoms with E-state index >= 15 is 0 Å². The van der Waals surface area contributed by atoms with Gasteiger partial charge in [0.1, 0.15) is 0 Å². The lowest BCUT2D eigenvalue weighted by Gasteiger charge is -2.25. The van der Waals surface area contributed by atoms with Gasteiger partial charge in [-0.2, -0.15) is 0 Å². The van der Waals surface area contributed by atoms with E-state index in [0.29, 0.717) is 6.42 Å². The standard InChI is InChI=1S/C13H23NO3/c1-13(2,3)7-6-11(15)14-8-4-5-10(14)9-12(16)17/h10H,4-9H2,1-3H3,(H,16,17). The normalized spacial score (nSPS) is 20.6. The van der Waals surface area contributed by atoms with E-state index in [1.54, 1.807) is 4.90 Å². The summed E-state index contributed by atoms with van der Waals surface area (Å²) in [7, 11) is 0. The number of carboxylic acids is 1. The second kappa shape index (κ2) is 5.52. The first-order chi connectivity index (χ1) is 7.79. The van der Waals surface area contributed by atoms with Gasteiger partial charge in [0.25, 0.3) is 0 Å². The molecule has 0 aromatic heterocycles. The van der Waals surface area contributed by atoms with Crippen molar-refractivity contribution in [2.45, 2.75) is 58.9 Å². The van der Waals surface area contributed by atoms with E-state index in [1.807, 2.05) is 0 Å². The predicted octanol–water partition coefficient (Wildman–Crippen LogP) is 2.28. The molecule has 0 aromatic rings. The molecule has 1 rings (SSSR count). The van der Waals surface area contributed by atoms with Crippen molar-refractivity contribution in [1.29, 1.82) is 0 Å². The maximum absolute atomic E-state index is 12.0. The van der Waals surface area contributed by atoms with E-state index in [4.69, 9.17) is 5.11 Å². The molecule has 1 aliphatic heterocycles. The first kappa shape index (κ1) is 14.0. The number of nitrogens with zero attached hydrogens (tertiary/aromatic N) is 1. The van der Waals surface area contributed by atoms with Crippen LogP contribution in [0.3, 0.4) is 0 Å². The molecule has 0 bridgehead atoms. The van der Waals surface area contributed by atoms with Gasteiger partial charge in [0, 0.05) is 19.0 Å². The zero-order valence-corrected chi connectivity index (χ0v) is 11.0. The van der Waals surface area contributed by atoms with Crippen LogP contribution in [0.2, 0.25) is 0 Å². The summed E-state index contributed by atoms with van der Waals surface area (Å²) in [6, 6.07) is -0.0834. The summed E-state index contributed by atoms with van der Waals surface area (Å²) in [5, 5.41) is 8.79. The number of hydrogen-bond donors (Lipinski definition) is 1. The van der Waals surface area contributed by atoms with Gasteiger partial charge in [0.15, 0.2) is 0 Å². The lowest BCUT2D eigenvalue weighted by Crippen LogP contribution is -2.37. The van der Waals surface area contributed by atoms with Crippen LogP contribution in [0.5, 0.6) is 0 Å². The minimum absolute atomic E-state index is 0.0834. The van der Waals surface area contributed by atoms with E-state index in [0.717, 1.165) is 25.8 Å². The van der Waals surface area contributed by atoms with Crippen LogP contribution in [0, 0.1) is 5.41 Å². The first-order valence-corrected chi connectivity index (χ1v) is 6.31. The molecule has 1 aliphatic rings. The van der Waals surface area contributed by atoms with Gasteiger partial charge in [-0.3, -0.25) is 9.59 Å². The van der Waals surface area contributed by atoms with Crippen LogP contribution in [-0.4, -0.2) is 34.5 Å². The smallest absolute Gasteiger partial charge is 0.305 e. The number of carboxylic acid groups (broad SMARTS) is 1. The fourth-order valence-electron chi connectivity index (χ4n) is 2.20. The Morgan fingerprint density at radius 1 is 1.35 bits per heavy atom. The molecule has 1 heterocycles. The summed E-state index contributed by atoms with van der Waals surface area (Å²) in [5.41, 5.74) is 0.150. The molecule has 4 nitrogen and oxygen atoms in total. The monoisotopic (exact) mass is 241 g/mol. The third-order valence-corrected chi connectivity index (χ3v) is 3.20. The van der Waals surface area contributed by atoms with Gasteiger partial charge in [-0.05, 0) is 24.7 Å². The molecule has 1 N–H and O–H groups in total. The predicted molar refractivity (Wildman–Crippen MR) is 65.7 cm³/mol. The number of amides is 1. The molecule has 0 saturated carbocycles. The third kappa shape index (κ3) is 4.75. The molecule has 1 amide bonds. The average Bonchev–Trinajstić information content (AvgIpc) is 2.60. The second-order valence-electron chi connectivity index (χ2n) is 6.04. The van der Waals surface area contributed by atoms with Crippen LogP contribution in [0.15, 0.2) is 0 Å². The highest BCUT2D eigenvalue weighted by atomic mass is 16.4. The second-order valence-corrected chi connectivity index (χ2v) is 6.04. The van der Waals surface area contributed by atoms with Crippen molar-refractivity contribution < 1.29 is 14.7 Å². The average molecular weight is 241 g/mol. The van der Waals surface area contributed by atoms with Gasteiger partial charge in [0.05, 0.1) is 6.42 Å². The molecule has 0 radical (unpaired) electrons. The highest BCUT2D eigenvalue weighted by Crippen LogP contribution is 2.25. The van der Waals surface area contributed by atoms with Crippen molar-refractivity contribution in [2.75, 3.05) is 6.54 Å². The van der Waals surface area contributed by atoms with E-state index < -0.39 is 5.97 Å². The maximum Gasteiger partial charge on any atom is 0.305 e. The summed E-state index contributed by atoms with van der Waals surface area (Å²) in [4.78, 5) is 24.5. The molecule has 1 unspecified atom stereocenters. The Kier molecular flexibility index (Phi) is 4.54. The summed E-state index contributed by atoms with van der Waals surface area (Å²) in [6.45, 7) is 7.05. The summed E-state index contributed by atoms with van der Waals surface area (Å²) < 4.78 is 0. The molecule has 0 aromatic carbocycles. The number of rotatable bonds is 4. The minimum atomic E-state index is -0.814. The Morgan fingerprint density at radius 2 is 2.00 bits per heavy atom. The fraction of sp³-hybridized carbons (Fsp3) is 0.846. The molecule has 1 saturated heterocycles. The van der Waals surface area contributed by atoms with Crippen molar-refractivity contribution in [1.82, 2.24) is 4.90 Å². The quantitative estimate of drug-likeness (QED) is 0.821. The Balaban J connectivity index is 2.47. The molecule has 1 fully saturated rings. The molecule has 4 heteroatoms. The minimum Gasteiger partial charge on any atom is -0.481 e. The van der Waals surface area contributed by atoms with Crippen molar-refractivity contribution in [3.05, 3.63) is 0 Å². The molecule has 1 atom stereocenters. The maximum atomic E-state index is 12.0. The van der Waals surface area contributed by atoms with Gasteiger partial charge in [0.2, 0.25) is 5.91 Å². The van der Waals surface area contributed by atoms with Crippen LogP contribution >= 0.6 is 0 Å². The summed E-state index contributed by atoms with van der Waals surface area (Å²) >= 11 is 0. The van der Waals surface area contributed by atoms with Crippen molar-refractivity contribution in [3.63, 3.8) is 0 Å². The Bertz CT molecular complexity index is 294.